The predicted octanol–water partition coefficient (Wildman–Crippen LogP) is 4.92. The molecule has 0 radical (unpaired) electrons. The Hall–Kier alpha value is -4.70. The third-order valence-corrected chi connectivity index (χ3v) is 9.34. The lowest BCUT2D eigenvalue weighted by atomic mass is 9.50. The van der Waals surface area contributed by atoms with Crippen LogP contribution in [-0.4, -0.2) is 23.1 Å². The maximum atomic E-state index is 14.7. The van der Waals surface area contributed by atoms with Gasteiger partial charge in [0, 0.05) is 46.0 Å². The fourth-order valence-electron chi connectivity index (χ4n) is 8.04. The van der Waals surface area contributed by atoms with Gasteiger partial charge in [0.25, 0.3) is 0 Å². The van der Waals surface area contributed by atoms with E-state index in [-0.39, 0.29) is 23.4 Å². The number of hydrogen-bond acceptors (Lipinski definition) is 4. The van der Waals surface area contributed by atoms with Crippen LogP contribution in [0, 0.1) is 0 Å². The average molecular weight is 491 g/mol. The number of hydrogen-bond donors (Lipinski definition) is 0. The van der Waals surface area contributed by atoms with Crippen LogP contribution in [0.4, 0.5) is 0 Å². The summed E-state index contributed by atoms with van der Waals surface area (Å²) in [4.78, 5) is 54.4. The van der Waals surface area contributed by atoms with Crippen LogP contribution < -0.4 is 0 Å². The van der Waals surface area contributed by atoms with Gasteiger partial charge >= 0.3 is 0 Å². The van der Waals surface area contributed by atoms with Gasteiger partial charge in [-0.25, -0.2) is 0 Å². The molecule has 8 aliphatic rings. The van der Waals surface area contributed by atoms with E-state index in [0.717, 1.165) is 33.4 Å². The Kier molecular flexibility index (Phi) is 3.53. The summed E-state index contributed by atoms with van der Waals surface area (Å²) < 4.78 is 0. The first-order valence-corrected chi connectivity index (χ1v) is 12.9. The SMILES string of the molecule is O=C1C=C2C(=CC1=O)C1C3=C(C(=O)C4=C(C3=O)C3c5ccccc5C4c4ccccc43)C2c2ccccc21. The lowest BCUT2D eigenvalue weighted by Crippen LogP contribution is -2.45. The van der Waals surface area contributed by atoms with Gasteiger partial charge in [-0.1, -0.05) is 72.8 Å². The summed E-state index contributed by atoms with van der Waals surface area (Å²) in [6.45, 7) is 0. The van der Waals surface area contributed by atoms with Gasteiger partial charge in [0.1, 0.15) is 0 Å². The second kappa shape index (κ2) is 6.59. The molecule has 8 aliphatic carbocycles. The van der Waals surface area contributed by atoms with Crippen molar-refractivity contribution >= 4 is 23.1 Å². The zero-order chi connectivity index (χ0) is 25.4. The van der Waals surface area contributed by atoms with Gasteiger partial charge in [0.15, 0.2) is 11.6 Å². The Morgan fingerprint density at radius 2 is 0.632 bits per heavy atom. The van der Waals surface area contributed by atoms with Gasteiger partial charge in [0.05, 0.1) is 0 Å². The minimum Gasteiger partial charge on any atom is -0.289 e. The van der Waals surface area contributed by atoms with E-state index in [2.05, 4.69) is 24.3 Å². The number of rotatable bonds is 0. The Morgan fingerprint density at radius 1 is 0.368 bits per heavy atom. The van der Waals surface area contributed by atoms with E-state index in [1.165, 1.54) is 12.2 Å². The topological polar surface area (TPSA) is 68.3 Å². The lowest BCUT2D eigenvalue weighted by Gasteiger charge is -2.50. The Morgan fingerprint density at radius 3 is 0.947 bits per heavy atom. The minimum absolute atomic E-state index is 0.0950. The molecule has 11 rings (SSSR count). The summed E-state index contributed by atoms with van der Waals surface area (Å²) in [6.07, 6.45) is 2.79. The second-order valence-corrected chi connectivity index (χ2v) is 10.9. The molecule has 178 valence electrons. The summed E-state index contributed by atoms with van der Waals surface area (Å²) in [5.41, 5.74) is 9.74. The molecule has 0 saturated carbocycles. The van der Waals surface area contributed by atoms with Gasteiger partial charge < -0.3 is 0 Å². The molecule has 0 aromatic heterocycles. The Bertz CT molecular complexity index is 1730. The molecule has 4 bridgehead atoms. The Labute approximate surface area is 217 Å². The van der Waals surface area contributed by atoms with Crippen LogP contribution >= 0.6 is 0 Å². The van der Waals surface area contributed by atoms with E-state index in [9.17, 15) is 19.2 Å². The van der Waals surface area contributed by atoms with Crippen LogP contribution in [0.5, 0.6) is 0 Å². The van der Waals surface area contributed by atoms with E-state index in [4.69, 9.17) is 0 Å². The van der Waals surface area contributed by atoms with Gasteiger partial charge in [0.2, 0.25) is 11.6 Å². The summed E-state index contributed by atoms with van der Waals surface area (Å²) in [5, 5.41) is 0. The molecule has 0 amide bonds. The summed E-state index contributed by atoms with van der Waals surface area (Å²) in [7, 11) is 0. The quantitative estimate of drug-likeness (QED) is 0.255. The monoisotopic (exact) mass is 490 g/mol. The minimum atomic E-state index is -0.579. The molecule has 0 fully saturated rings. The molecule has 0 saturated heterocycles. The van der Waals surface area contributed by atoms with Crippen LogP contribution in [0.2, 0.25) is 0 Å². The fourth-order valence-corrected chi connectivity index (χ4v) is 8.04. The van der Waals surface area contributed by atoms with E-state index >= 15 is 0 Å². The molecular weight excluding hydrogens is 472 g/mol. The lowest BCUT2D eigenvalue weighted by molar-refractivity contribution is -0.131. The molecule has 4 heteroatoms. The highest BCUT2D eigenvalue weighted by Crippen LogP contribution is 2.65. The predicted molar refractivity (Wildman–Crippen MR) is 139 cm³/mol. The number of carbonyl (C=O) groups excluding carboxylic acids is 4. The van der Waals surface area contributed by atoms with Gasteiger partial charge in [-0.05, 0) is 56.7 Å². The van der Waals surface area contributed by atoms with Gasteiger partial charge in [-0.3, -0.25) is 19.2 Å². The van der Waals surface area contributed by atoms with Gasteiger partial charge in [-0.15, -0.1) is 0 Å². The average Bonchev–Trinajstić information content (AvgIpc) is 2.95. The zero-order valence-corrected chi connectivity index (χ0v) is 20.0. The van der Waals surface area contributed by atoms with Crippen molar-refractivity contribution < 1.29 is 19.2 Å². The van der Waals surface area contributed by atoms with Crippen molar-refractivity contribution in [3.63, 3.8) is 0 Å². The van der Waals surface area contributed by atoms with Crippen molar-refractivity contribution in [3.8, 4) is 0 Å². The molecule has 2 unspecified atom stereocenters. The number of carbonyl (C=O) groups is 4. The standard InChI is InChI=1S/C34H18O4/c35-23-13-21-22(14-24(23)36)28-20-12-6-5-11-19(20)27(21)31-32(28)34(38)30-26-16-8-2-1-7-15(16)25(29(30)33(31)37)17-9-3-4-10-18(17)26/h1-14,25-28H. The van der Waals surface area contributed by atoms with Crippen molar-refractivity contribution in [2.45, 2.75) is 23.7 Å². The molecule has 38 heavy (non-hydrogen) atoms. The third-order valence-electron chi connectivity index (χ3n) is 9.34. The van der Waals surface area contributed by atoms with Gasteiger partial charge in [-0.2, -0.15) is 0 Å². The van der Waals surface area contributed by atoms with Crippen LogP contribution in [0.25, 0.3) is 0 Å². The molecule has 3 aromatic carbocycles. The highest BCUT2D eigenvalue weighted by molar-refractivity contribution is 6.47. The van der Waals surface area contributed by atoms with Crippen molar-refractivity contribution in [1.82, 2.24) is 0 Å². The van der Waals surface area contributed by atoms with E-state index in [1.54, 1.807) is 0 Å². The molecule has 2 atom stereocenters. The highest BCUT2D eigenvalue weighted by Gasteiger charge is 2.57. The first kappa shape index (κ1) is 20.4. The molecule has 4 nitrogen and oxygen atoms in total. The molecule has 0 aliphatic heterocycles. The van der Waals surface area contributed by atoms with Crippen molar-refractivity contribution in [1.29, 1.82) is 0 Å². The van der Waals surface area contributed by atoms with Crippen LogP contribution in [-0.2, 0) is 19.2 Å². The van der Waals surface area contributed by atoms with E-state index in [1.807, 2.05) is 48.5 Å². The van der Waals surface area contributed by atoms with E-state index < -0.39 is 23.4 Å². The van der Waals surface area contributed by atoms with Crippen LogP contribution in [0.3, 0.4) is 0 Å². The largest absolute Gasteiger partial charge is 0.289 e. The number of Topliss-reactive ketones (excluding diaryl/α,β-unsaturated/α-hetero) is 2. The second-order valence-electron chi connectivity index (χ2n) is 10.9. The molecule has 0 N–H and O–H groups in total. The summed E-state index contributed by atoms with van der Waals surface area (Å²) in [6, 6.07) is 24.1. The van der Waals surface area contributed by atoms with Crippen molar-refractivity contribution in [3.05, 3.63) is 152 Å². The summed E-state index contributed by atoms with van der Waals surface area (Å²) in [5.74, 6) is -3.03. The highest BCUT2D eigenvalue weighted by atomic mass is 16.2. The number of allylic oxidation sites excluding steroid dienone is 8. The van der Waals surface area contributed by atoms with Crippen LogP contribution in [0.15, 0.2) is 118 Å². The zero-order valence-electron chi connectivity index (χ0n) is 20.0. The normalized spacial score (nSPS) is 27.3. The Balaban J connectivity index is 1.35. The molecule has 3 aromatic rings. The molecule has 0 spiro atoms. The molecular formula is C34H18O4. The maximum absolute atomic E-state index is 14.7. The number of benzene rings is 3. The summed E-state index contributed by atoms with van der Waals surface area (Å²) >= 11 is 0. The van der Waals surface area contributed by atoms with Crippen LogP contribution in [0.1, 0.15) is 57.1 Å². The molecule has 0 heterocycles. The fraction of sp³-hybridized carbons (Fsp3) is 0.118. The first-order valence-electron chi connectivity index (χ1n) is 12.9. The third kappa shape index (κ3) is 2.12. The van der Waals surface area contributed by atoms with Crippen molar-refractivity contribution in [2.75, 3.05) is 0 Å². The number of ketones is 4. The smallest absolute Gasteiger partial charge is 0.226 e. The van der Waals surface area contributed by atoms with E-state index in [0.29, 0.717) is 33.4 Å². The first-order chi connectivity index (χ1) is 18.6. The maximum Gasteiger partial charge on any atom is 0.226 e. The van der Waals surface area contributed by atoms with Crippen molar-refractivity contribution in [2.24, 2.45) is 0 Å².